The molecule has 0 atom stereocenters. The molecule has 0 radical (unpaired) electrons. The summed E-state index contributed by atoms with van der Waals surface area (Å²) < 4.78 is 1.90. The SMILES string of the molecule is N#Cc1cc(CC(=O)O)ccc1-n1ccc2cnccc21. The van der Waals surface area contributed by atoms with Crippen molar-refractivity contribution in [2.75, 3.05) is 0 Å². The third-order valence-corrected chi connectivity index (χ3v) is 3.29. The van der Waals surface area contributed by atoms with Crippen molar-refractivity contribution in [3.05, 3.63) is 60.0 Å². The van der Waals surface area contributed by atoms with Crippen LogP contribution in [0.2, 0.25) is 0 Å². The maximum absolute atomic E-state index is 10.8. The number of nitriles is 1. The van der Waals surface area contributed by atoms with Crippen molar-refractivity contribution >= 4 is 16.9 Å². The normalized spacial score (nSPS) is 10.4. The first-order chi connectivity index (χ1) is 10.2. The van der Waals surface area contributed by atoms with Gasteiger partial charge in [0.2, 0.25) is 0 Å². The quantitative estimate of drug-likeness (QED) is 0.797. The fourth-order valence-corrected chi connectivity index (χ4v) is 2.36. The Morgan fingerprint density at radius 3 is 2.95 bits per heavy atom. The summed E-state index contributed by atoms with van der Waals surface area (Å²) in [7, 11) is 0. The van der Waals surface area contributed by atoms with E-state index in [0.717, 1.165) is 16.6 Å². The molecule has 0 saturated carbocycles. The number of nitrogens with zero attached hydrogens (tertiary/aromatic N) is 3. The molecule has 0 aliphatic carbocycles. The lowest BCUT2D eigenvalue weighted by atomic mass is 10.1. The van der Waals surface area contributed by atoms with E-state index in [1.165, 1.54) is 0 Å². The monoisotopic (exact) mass is 277 g/mol. The van der Waals surface area contributed by atoms with Crippen LogP contribution in [0.1, 0.15) is 11.1 Å². The molecule has 3 aromatic rings. The predicted octanol–water partition coefficient (Wildman–Crippen LogP) is 2.52. The smallest absolute Gasteiger partial charge is 0.307 e. The number of carboxylic acid groups (broad SMARTS) is 1. The molecule has 0 bridgehead atoms. The van der Waals surface area contributed by atoms with E-state index in [9.17, 15) is 10.1 Å². The van der Waals surface area contributed by atoms with Crippen LogP contribution in [0.5, 0.6) is 0 Å². The summed E-state index contributed by atoms with van der Waals surface area (Å²) in [5, 5.41) is 19.1. The molecule has 3 rings (SSSR count). The van der Waals surface area contributed by atoms with Gasteiger partial charge in [-0.3, -0.25) is 9.78 Å². The molecule has 21 heavy (non-hydrogen) atoms. The molecule has 0 aliphatic rings. The van der Waals surface area contributed by atoms with Crippen LogP contribution in [-0.4, -0.2) is 20.6 Å². The Balaban J connectivity index is 2.14. The lowest BCUT2D eigenvalue weighted by molar-refractivity contribution is -0.136. The fourth-order valence-electron chi connectivity index (χ4n) is 2.36. The zero-order valence-corrected chi connectivity index (χ0v) is 11.0. The van der Waals surface area contributed by atoms with Gasteiger partial charge in [-0.05, 0) is 29.8 Å². The highest BCUT2D eigenvalue weighted by Gasteiger charge is 2.10. The minimum atomic E-state index is -0.913. The van der Waals surface area contributed by atoms with E-state index in [1.54, 1.807) is 30.6 Å². The maximum Gasteiger partial charge on any atom is 0.307 e. The number of benzene rings is 1. The molecule has 0 spiro atoms. The van der Waals surface area contributed by atoms with Crippen LogP contribution in [-0.2, 0) is 11.2 Å². The van der Waals surface area contributed by atoms with Crippen LogP contribution in [0, 0.1) is 11.3 Å². The third-order valence-electron chi connectivity index (χ3n) is 3.29. The Kier molecular flexibility index (Phi) is 3.13. The van der Waals surface area contributed by atoms with E-state index in [-0.39, 0.29) is 6.42 Å². The highest BCUT2D eigenvalue weighted by atomic mass is 16.4. The number of aromatic nitrogens is 2. The van der Waals surface area contributed by atoms with Gasteiger partial charge >= 0.3 is 5.97 Å². The average molecular weight is 277 g/mol. The van der Waals surface area contributed by atoms with Crippen LogP contribution < -0.4 is 0 Å². The van der Waals surface area contributed by atoms with Crippen molar-refractivity contribution < 1.29 is 9.90 Å². The van der Waals surface area contributed by atoms with E-state index < -0.39 is 5.97 Å². The second-order valence-corrected chi connectivity index (χ2v) is 4.65. The summed E-state index contributed by atoms with van der Waals surface area (Å²) in [6.07, 6.45) is 5.24. The van der Waals surface area contributed by atoms with Gasteiger partial charge in [-0.2, -0.15) is 5.26 Å². The molecule has 0 fully saturated rings. The maximum atomic E-state index is 10.8. The van der Waals surface area contributed by atoms with Crippen molar-refractivity contribution in [1.29, 1.82) is 5.26 Å². The average Bonchev–Trinajstić information content (AvgIpc) is 2.90. The van der Waals surface area contributed by atoms with Gasteiger partial charge in [0, 0.05) is 24.0 Å². The van der Waals surface area contributed by atoms with Crippen LogP contribution in [0.25, 0.3) is 16.6 Å². The Morgan fingerprint density at radius 2 is 2.19 bits per heavy atom. The third kappa shape index (κ3) is 2.35. The second-order valence-electron chi connectivity index (χ2n) is 4.65. The Morgan fingerprint density at radius 1 is 1.33 bits per heavy atom. The van der Waals surface area contributed by atoms with E-state index >= 15 is 0 Å². The minimum Gasteiger partial charge on any atom is -0.481 e. The van der Waals surface area contributed by atoms with Gasteiger partial charge in [0.25, 0.3) is 0 Å². The number of carbonyl (C=O) groups is 1. The number of hydrogen-bond donors (Lipinski definition) is 1. The van der Waals surface area contributed by atoms with E-state index in [4.69, 9.17) is 5.11 Å². The Bertz CT molecular complexity index is 875. The number of carboxylic acids is 1. The summed E-state index contributed by atoms with van der Waals surface area (Å²) in [5.74, 6) is -0.913. The van der Waals surface area contributed by atoms with Crippen molar-refractivity contribution in [3.63, 3.8) is 0 Å². The van der Waals surface area contributed by atoms with Gasteiger partial charge < -0.3 is 9.67 Å². The molecule has 0 amide bonds. The minimum absolute atomic E-state index is 0.0920. The van der Waals surface area contributed by atoms with Gasteiger partial charge in [0.05, 0.1) is 23.2 Å². The van der Waals surface area contributed by atoms with Crippen molar-refractivity contribution in [2.24, 2.45) is 0 Å². The van der Waals surface area contributed by atoms with Gasteiger partial charge in [-0.15, -0.1) is 0 Å². The summed E-state index contributed by atoms with van der Waals surface area (Å²) in [4.78, 5) is 14.8. The Labute approximate surface area is 120 Å². The first-order valence-corrected chi connectivity index (χ1v) is 6.35. The van der Waals surface area contributed by atoms with Gasteiger partial charge in [0.15, 0.2) is 0 Å². The molecular formula is C16H11N3O2. The predicted molar refractivity (Wildman–Crippen MR) is 77.1 cm³/mol. The largest absolute Gasteiger partial charge is 0.481 e. The molecule has 2 heterocycles. The first kappa shape index (κ1) is 12.9. The van der Waals surface area contributed by atoms with Crippen LogP contribution >= 0.6 is 0 Å². The number of pyridine rings is 1. The lowest BCUT2D eigenvalue weighted by Crippen LogP contribution is -2.02. The molecule has 0 unspecified atom stereocenters. The van der Waals surface area contributed by atoms with Gasteiger partial charge in [-0.25, -0.2) is 0 Å². The summed E-state index contributed by atoms with van der Waals surface area (Å²) in [6, 6.07) is 11.1. The molecule has 0 saturated heterocycles. The summed E-state index contributed by atoms with van der Waals surface area (Å²) in [6.45, 7) is 0. The summed E-state index contributed by atoms with van der Waals surface area (Å²) in [5.41, 5.74) is 2.74. The molecule has 5 heteroatoms. The molecular weight excluding hydrogens is 266 g/mol. The highest BCUT2D eigenvalue weighted by molar-refractivity contribution is 5.81. The fraction of sp³-hybridized carbons (Fsp3) is 0.0625. The zero-order valence-electron chi connectivity index (χ0n) is 11.0. The topological polar surface area (TPSA) is 78.9 Å². The van der Waals surface area contributed by atoms with Crippen LogP contribution in [0.4, 0.5) is 0 Å². The Hall–Kier alpha value is -3.13. The highest BCUT2D eigenvalue weighted by Crippen LogP contribution is 2.23. The van der Waals surface area contributed by atoms with Gasteiger partial charge in [0.1, 0.15) is 6.07 Å². The van der Waals surface area contributed by atoms with Crippen molar-refractivity contribution in [1.82, 2.24) is 9.55 Å². The molecule has 2 aromatic heterocycles. The summed E-state index contributed by atoms with van der Waals surface area (Å²) >= 11 is 0. The number of hydrogen-bond acceptors (Lipinski definition) is 3. The molecule has 102 valence electrons. The molecule has 0 aliphatic heterocycles. The first-order valence-electron chi connectivity index (χ1n) is 6.35. The standard InChI is InChI=1S/C16H11N3O2/c17-9-13-7-11(8-16(20)21)1-2-14(13)19-6-4-12-10-18-5-3-15(12)19/h1-7,10H,8H2,(H,20,21). The molecule has 5 nitrogen and oxygen atoms in total. The van der Waals surface area contributed by atoms with Crippen LogP contribution in [0.3, 0.4) is 0 Å². The van der Waals surface area contributed by atoms with Gasteiger partial charge in [-0.1, -0.05) is 6.07 Å². The zero-order chi connectivity index (χ0) is 14.8. The molecule has 1 N–H and O–H groups in total. The second kappa shape index (κ2) is 5.10. The number of rotatable bonds is 3. The number of fused-ring (bicyclic) bond motifs is 1. The number of aliphatic carboxylic acids is 1. The van der Waals surface area contributed by atoms with Crippen molar-refractivity contribution in [2.45, 2.75) is 6.42 Å². The lowest BCUT2D eigenvalue weighted by Gasteiger charge is -2.09. The van der Waals surface area contributed by atoms with Crippen LogP contribution in [0.15, 0.2) is 48.9 Å². The van der Waals surface area contributed by atoms with E-state index in [0.29, 0.717) is 11.1 Å². The van der Waals surface area contributed by atoms with Crippen molar-refractivity contribution in [3.8, 4) is 11.8 Å². The molecule has 1 aromatic carbocycles. The van der Waals surface area contributed by atoms with E-state index in [2.05, 4.69) is 11.1 Å². The van der Waals surface area contributed by atoms with E-state index in [1.807, 2.05) is 22.9 Å².